The fraction of sp³-hybridized carbons (Fsp3) is 0.176. The van der Waals surface area contributed by atoms with Gasteiger partial charge in [0, 0.05) is 5.39 Å². The Bertz CT molecular complexity index is 1050. The SMILES string of the molecule is CC(C(N)=O)n1nc(S(=O)(=O)Cc2ccccc2)c2ccc(F)cc21. The summed E-state index contributed by atoms with van der Waals surface area (Å²) in [6.45, 7) is 1.48. The van der Waals surface area contributed by atoms with Gasteiger partial charge in [0.1, 0.15) is 11.9 Å². The summed E-state index contributed by atoms with van der Waals surface area (Å²) in [7, 11) is -3.80. The molecule has 0 spiro atoms. The van der Waals surface area contributed by atoms with Crippen LogP contribution < -0.4 is 5.73 Å². The molecule has 8 heteroatoms. The lowest BCUT2D eigenvalue weighted by atomic mass is 10.2. The maximum absolute atomic E-state index is 13.6. The van der Waals surface area contributed by atoms with Crippen LogP contribution in [0, 0.1) is 5.82 Å². The molecule has 3 aromatic rings. The number of nitrogens with zero attached hydrogens (tertiary/aromatic N) is 2. The Morgan fingerprint density at radius 1 is 1.24 bits per heavy atom. The number of amides is 1. The van der Waals surface area contributed by atoms with Gasteiger partial charge in [0.05, 0.1) is 11.3 Å². The first-order valence-electron chi connectivity index (χ1n) is 7.53. The Balaban J connectivity index is 2.17. The number of benzene rings is 2. The first kappa shape index (κ1) is 17.1. The van der Waals surface area contributed by atoms with Crippen molar-refractivity contribution >= 4 is 26.6 Å². The molecule has 0 fully saturated rings. The Kier molecular flexibility index (Phi) is 4.30. The van der Waals surface area contributed by atoms with Gasteiger partial charge in [0.15, 0.2) is 5.03 Å². The highest BCUT2D eigenvalue weighted by atomic mass is 32.2. The molecule has 0 bridgehead atoms. The molecule has 25 heavy (non-hydrogen) atoms. The quantitative estimate of drug-likeness (QED) is 0.753. The van der Waals surface area contributed by atoms with Crippen LogP contribution in [0.5, 0.6) is 0 Å². The van der Waals surface area contributed by atoms with Gasteiger partial charge in [0.25, 0.3) is 0 Å². The predicted octanol–water partition coefficient (Wildman–Crippen LogP) is 2.20. The standard InChI is InChI=1S/C17H16FN3O3S/c1-11(16(19)22)21-15-9-13(18)7-8-14(15)17(20-21)25(23,24)10-12-5-3-2-4-6-12/h2-9,11H,10H2,1H3,(H2,19,22). The van der Waals surface area contributed by atoms with E-state index in [1.54, 1.807) is 30.3 Å². The van der Waals surface area contributed by atoms with Crippen LogP contribution in [0.2, 0.25) is 0 Å². The molecule has 0 aliphatic heterocycles. The van der Waals surface area contributed by atoms with Gasteiger partial charge in [-0.25, -0.2) is 12.8 Å². The Hall–Kier alpha value is -2.74. The molecule has 1 amide bonds. The number of hydrogen-bond acceptors (Lipinski definition) is 4. The van der Waals surface area contributed by atoms with E-state index >= 15 is 0 Å². The summed E-state index contributed by atoms with van der Waals surface area (Å²) in [5.41, 5.74) is 6.11. The van der Waals surface area contributed by atoms with Gasteiger partial charge in [-0.1, -0.05) is 30.3 Å². The van der Waals surface area contributed by atoms with Crippen LogP contribution in [0.3, 0.4) is 0 Å². The number of aromatic nitrogens is 2. The molecule has 0 radical (unpaired) electrons. The molecule has 1 atom stereocenters. The molecule has 0 aliphatic carbocycles. The van der Waals surface area contributed by atoms with Crippen LogP contribution in [-0.2, 0) is 20.4 Å². The van der Waals surface area contributed by atoms with Gasteiger partial charge in [-0.3, -0.25) is 9.48 Å². The van der Waals surface area contributed by atoms with Crippen LogP contribution in [0.4, 0.5) is 4.39 Å². The van der Waals surface area contributed by atoms with Gasteiger partial charge in [0.2, 0.25) is 15.7 Å². The van der Waals surface area contributed by atoms with E-state index in [1.165, 1.54) is 13.0 Å². The highest BCUT2D eigenvalue weighted by molar-refractivity contribution is 7.90. The number of sulfone groups is 1. The maximum Gasteiger partial charge on any atom is 0.242 e. The highest BCUT2D eigenvalue weighted by Crippen LogP contribution is 2.28. The van der Waals surface area contributed by atoms with E-state index in [4.69, 9.17) is 5.73 Å². The molecular formula is C17H16FN3O3S. The molecule has 0 saturated heterocycles. The van der Waals surface area contributed by atoms with Crippen molar-refractivity contribution in [1.29, 1.82) is 0 Å². The Morgan fingerprint density at radius 2 is 1.92 bits per heavy atom. The molecule has 1 aromatic heterocycles. The summed E-state index contributed by atoms with van der Waals surface area (Å²) < 4.78 is 40.4. The predicted molar refractivity (Wildman–Crippen MR) is 90.9 cm³/mol. The second kappa shape index (κ2) is 6.29. The van der Waals surface area contributed by atoms with E-state index in [-0.39, 0.29) is 21.7 Å². The fourth-order valence-corrected chi connectivity index (χ4v) is 4.08. The molecule has 0 saturated carbocycles. The molecule has 6 nitrogen and oxygen atoms in total. The van der Waals surface area contributed by atoms with Crippen molar-refractivity contribution in [3.63, 3.8) is 0 Å². The third kappa shape index (κ3) is 3.25. The number of hydrogen-bond donors (Lipinski definition) is 1. The van der Waals surface area contributed by atoms with E-state index in [0.29, 0.717) is 5.56 Å². The zero-order valence-corrected chi connectivity index (χ0v) is 14.2. The molecule has 3 rings (SSSR count). The molecule has 2 aromatic carbocycles. The monoisotopic (exact) mass is 361 g/mol. The number of carbonyl (C=O) groups excluding carboxylic acids is 1. The average molecular weight is 361 g/mol. The molecule has 130 valence electrons. The average Bonchev–Trinajstić information content (AvgIpc) is 2.94. The normalized spacial score (nSPS) is 13.0. The van der Waals surface area contributed by atoms with Crippen molar-refractivity contribution in [2.45, 2.75) is 23.7 Å². The Morgan fingerprint density at radius 3 is 2.56 bits per heavy atom. The van der Waals surface area contributed by atoms with Crippen molar-refractivity contribution in [3.8, 4) is 0 Å². The van der Waals surface area contributed by atoms with Gasteiger partial charge in [-0.15, -0.1) is 0 Å². The van der Waals surface area contributed by atoms with E-state index in [9.17, 15) is 17.6 Å². The summed E-state index contributed by atoms with van der Waals surface area (Å²) in [5.74, 6) is -1.50. The number of carbonyl (C=O) groups is 1. The molecule has 1 unspecified atom stereocenters. The lowest BCUT2D eigenvalue weighted by Crippen LogP contribution is -2.25. The van der Waals surface area contributed by atoms with Crippen molar-refractivity contribution in [2.75, 3.05) is 0 Å². The second-order valence-electron chi connectivity index (χ2n) is 5.73. The fourth-order valence-electron chi connectivity index (χ4n) is 2.59. The van der Waals surface area contributed by atoms with Gasteiger partial charge in [-0.05, 0) is 30.7 Å². The summed E-state index contributed by atoms with van der Waals surface area (Å²) in [5, 5.41) is 4.14. The lowest BCUT2D eigenvalue weighted by molar-refractivity contribution is -0.120. The van der Waals surface area contributed by atoms with Crippen LogP contribution in [0.1, 0.15) is 18.5 Å². The van der Waals surface area contributed by atoms with Gasteiger partial charge >= 0.3 is 0 Å². The van der Waals surface area contributed by atoms with Crippen LogP contribution >= 0.6 is 0 Å². The lowest BCUT2D eigenvalue weighted by Gasteiger charge is -2.08. The highest BCUT2D eigenvalue weighted by Gasteiger charge is 2.26. The number of fused-ring (bicyclic) bond motifs is 1. The largest absolute Gasteiger partial charge is 0.368 e. The number of primary amides is 1. The van der Waals surface area contributed by atoms with Gasteiger partial charge in [-0.2, -0.15) is 5.10 Å². The van der Waals surface area contributed by atoms with E-state index in [0.717, 1.165) is 16.8 Å². The molecule has 1 heterocycles. The molecular weight excluding hydrogens is 345 g/mol. The minimum Gasteiger partial charge on any atom is -0.368 e. The minimum absolute atomic E-state index is 0.195. The third-order valence-electron chi connectivity index (χ3n) is 3.91. The van der Waals surface area contributed by atoms with E-state index in [2.05, 4.69) is 5.10 Å². The summed E-state index contributed by atoms with van der Waals surface area (Å²) >= 11 is 0. The molecule has 2 N–H and O–H groups in total. The van der Waals surface area contributed by atoms with E-state index in [1.807, 2.05) is 0 Å². The van der Waals surface area contributed by atoms with Crippen LogP contribution in [0.25, 0.3) is 10.9 Å². The van der Waals surface area contributed by atoms with Crippen molar-refractivity contribution in [2.24, 2.45) is 5.73 Å². The van der Waals surface area contributed by atoms with E-state index < -0.39 is 27.6 Å². The molecule has 0 aliphatic rings. The summed E-state index contributed by atoms with van der Waals surface area (Å²) in [6, 6.07) is 11.4. The first-order chi connectivity index (χ1) is 11.8. The minimum atomic E-state index is -3.80. The number of nitrogens with two attached hydrogens (primary N) is 1. The second-order valence-corrected chi connectivity index (χ2v) is 7.64. The van der Waals surface area contributed by atoms with Crippen LogP contribution in [0.15, 0.2) is 53.6 Å². The Labute approximate surface area is 144 Å². The summed E-state index contributed by atoms with van der Waals surface area (Å²) in [6.07, 6.45) is 0. The first-order valence-corrected chi connectivity index (χ1v) is 9.18. The maximum atomic E-state index is 13.6. The topological polar surface area (TPSA) is 95.1 Å². The number of rotatable bonds is 5. The van der Waals surface area contributed by atoms with Crippen molar-refractivity contribution in [3.05, 3.63) is 59.9 Å². The van der Waals surface area contributed by atoms with Gasteiger partial charge < -0.3 is 5.73 Å². The summed E-state index contributed by atoms with van der Waals surface area (Å²) in [4.78, 5) is 11.5. The van der Waals surface area contributed by atoms with Crippen molar-refractivity contribution < 1.29 is 17.6 Å². The van der Waals surface area contributed by atoms with Crippen LogP contribution in [-0.4, -0.2) is 24.1 Å². The third-order valence-corrected chi connectivity index (χ3v) is 5.51. The van der Waals surface area contributed by atoms with Crippen molar-refractivity contribution in [1.82, 2.24) is 9.78 Å². The zero-order valence-electron chi connectivity index (χ0n) is 13.4. The number of halogens is 1. The zero-order chi connectivity index (χ0) is 18.2. The smallest absolute Gasteiger partial charge is 0.242 e.